The van der Waals surface area contributed by atoms with Crippen LogP contribution >= 0.6 is 0 Å². The van der Waals surface area contributed by atoms with Crippen LogP contribution in [0.3, 0.4) is 0 Å². The van der Waals surface area contributed by atoms with Crippen molar-refractivity contribution < 1.29 is 9.32 Å². The molecule has 126 valence electrons. The van der Waals surface area contributed by atoms with Crippen molar-refractivity contribution in [2.45, 2.75) is 44.4 Å². The Morgan fingerprint density at radius 2 is 2.04 bits per heavy atom. The van der Waals surface area contributed by atoms with Gasteiger partial charge in [0.25, 0.3) is 5.91 Å². The molecular weight excluding hydrogens is 300 g/mol. The van der Waals surface area contributed by atoms with Crippen molar-refractivity contribution in [2.24, 2.45) is 5.92 Å². The van der Waals surface area contributed by atoms with Gasteiger partial charge in [-0.25, -0.2) is 0 Å². The highest BCUT2D eigenvalue weighted by Crippen LogP contribution is 2.40. The minimum Gasteiger partial charge on any atom is -0.360 e. The second-order valence-electron chi connectivity index (χ2n) is 7.11. The van der Waals surface area contributed by atoms with Gasteiger partial charge in [0.15, 0.2) is 5.69 Å². The molecule has 1 aliphatic heterocycles. The molecule has 2 heterocycles. The van der Waals surface area contributed by atoms with Crippen LogP contribution in [-0.4, -0.2) is 29.1 Å². The largest absolute Gasteiger partial charge is 0.360 e. The maximum atomic E-state index is 12.8. The van der Waals surface area contributed by atoms with Crippen LogP contribution in [-0.2, 0) is 0 Å². The number of amides is 1. The molecular formula is C20H24N2O2. The van der Waals surface area contributed by atoms with Gasteiger partial charge >= 0.3 is 0 Å². The Morgan fingerprint density at radius 1 is 1.25 bits per heavy atom. The SMILES string of the molecule is CC[C@H]1CN(C(=O)c2cc(C3CC3)on2)CC[C@H]1c1ccccc1. The third-order valence-electron chi connectivity index (χ3n) is 5.50. The van der Waals surface area contributed by atoms with E-state index in [9.17, 15) is 4.79 Å². The summed E-state index contributed by atoms with van der Waals surface area (Å²) in [5, 5.41) is 4.01. The van der Waals surface area contributed by atoms with E-state index in [1.165, 1.54) is 5.56 Å². The average Bonchev–Trinajstić information content (AvgIpc) is 3.38. The Bertz CT molecular complexity index is 705. The summed E-state index contributed by atoms with van der Waals surface area (Å²) in [7, 11) is 0. The zero-order valence-electron chi connectivity index (χ0n) is 14.1. The molecule has 24 heavy (non-hydrogen) atoms. The standard InChI is InChI=1S/C20H24N2O2/c1-2-14-13-22(11-10-17(14)15-6-4-3-5-7-15)20(23)18-12-19(24-21-18)16-8-9-16/h3-7,12,14,16-17H,2,8-11,13H2,1H3/t14-,17+/m0/s1. The lowest BCUT2D eigenvalue weighted by Crippen LogP contribution is -2.43. The first-order chi connectivity index (χ1) is 11.8. The van der Waals surface area contributed by atoms with Crippen LogP contribution in [0.25, 0.3) is 0 Å². The highest BCUT2D eigenvalue weighted by Gasteiger charge is 2.34. The number of carbonyl (C=O) groups excluding carboxylic acids is 1. The zero-order chi connectivity index (χ0) is 16.5. The van der Waals surface area contributed by atoms with Crippen molar-refractivity contribution in [3.05, 3.63) is 53.4 Å². The van der Waals surface area contributed by atoms with E-state index < -0.39 is 0 Å². The fraction of sp³-hybridized carbons (Fsp3) is 0.500. The highest BCUT2D eigenvalue weighted by molar-refractivity contribution is 5.92. The van der Waals surface area contributed by atoms with E-state index in [2.05, 4.69) is 42.4 Å². The lowest BCUT2D eigenvalue weighted by atomic mass is 9.79. The summed E-state index contributed by atoms with van der Waals surface area (Å²) in [5.41, 5.74) is 1.87. The van der Waals surface area contributed by atoms with Crippen molar-refractivity contribution in [2.75, 3.05) is 13.1 Å². The summed E-state index contributed by atoms with van der Waals surface area (Å²) >= 11 is 0. The van der Waals surface area contributed by atoms with Gasteiger partial charge in [0, 0.05) is 25.1 Å². The first-order valence-corrected chi connectivity index (χ1v) is 9.07. The topological polar surface area (TPSA) is 46.3 Å². The average molecular weight is 324 g/mol. The Balaban J connectivity index is 1.46. The summed E-state index contributed by atoms with van der Waals surface area (Å²) in [5.74, 6) is 2.44. The summed E-state index contributed by atoms with van der Waals surface area (Å²) in [6.45, 7) is 3.82. The van der Waals surface area contributed by atoms with Crippen LogP contribution in [0, 0.1) is 5.92 Å². The van der Waals surface area contributed by atoms with Crippen molar-refractivity contribution in [1.29, 1.82) is 0 Å². The monoisotopic (exact) mass is 324 g/mol. The maximum absolute atomic E-state index is 12.8. The molecule has 0 spiro atoms. The van der Waals surface area contributed by atoms with E-state index in [1.807, 2.05) is 11.0 Å². The Hall–Kier alpha value is -2.10. The Kier molecular flexibility index (Phi) is 4.13. The van der Waals surface area contributed by atoms with Gasteiger partial charge in [-0.1, -0.05) is 48.8 Å². The van der Waals surface area contributed by atoms with Gasteiger partial charge in [0.1, 0.15) is 5.76 Å². The molecule has 0 unspecified atom stereocenters. The zero-order valence-corrected chi connectivity index (χ0v) is 14.1. The molecule has 0 radical (unpaired) electrons. The number of hydrogen-bond donors (Lipinski definition) is 0. The number of carbonyl (C=O) groups is 1. The molecule has 2 aliphatic rings. The van der Waals surface area contributed by atoms with Gasteiger partial charge in [-0.3, -0.25) is 4.79 Å². The number of aromatic nitrogens is 1. The molecule has 1 aliphatic carbocycles. The molecule has 4 rings (SSSR count). The molecule has 1 aromatic carbocycles. The van der Waals surface area contributed by atoms with Gasteiger partial charge in [-0.05, 0) is 36.7 Å². The third kappa shape index (κ3) is 2.97. The minimum absolute atomic E-state index is 0.0237. The van der Waals surface area contributed by atoms with E-state index in [4.69, 9.17) is 4.52 Å². The first-order valence-electron chi connectivity index (χ1n) is 9.07. The number of nitrogens with zero attached hydrogens (tertiary/aromatic N) is 2. The molecule has 2 aromatic rings. The van der Waals surface area contributed by atoms with Gasteiger partial charge in [0.05, 0.1) is 0 Å². The second-order valence-corrected chi connectivity index (χ2v) is 7.11. The fourth-order valence-electron chi connectivity index (χ4n) is 3.88. The van der Waals surface area contributed by atoms with E-state index >= 15 is 0 Å². The van der Waals surface area contributed by atoms with Crippen LogP contribution in [0.5, 0.6) is 0 Å². The van der Waals surface area contributed by atoms with Crippen molar-refractivity contribution in [1.82, 2.24) is 10.1 Å². The Morgan fingerprint density at radius 3 is 2.75 bits per heavy atom. The quantitative estimate of drug-likeness (QED) is 0.846. The highest BCUT2D eigenvalue weighted by atomic mass is 16.5. The number of piperidine rings is 1. The van der Waals surface area contributed by atoms with Gasteiger partial charge in [-0.15, -0.1) is 0 Å². The second kappa shape index (κ2) is 6.42. The van der Waals surface area contributed by atoms with Gasteiger partial charge < -0.3 is 9.42 Å². The lowest BCUT2D eigenvalue weighted by Gasteiger charge is -2.38. The molecule has 1 saturated heterocycles. The van der Waals surface area contributed by atoms with Crippen LogP contribution in [0.1, 0.15) is 66.3 Å². The van der Waals surface area contributed by atoms with Crippen LogP contribution in [0.2, 0.25) is 0 Å². The van der Waals surface area contributed by atoms with Crippen LogP contribution in [0.15, 0.2) is 40.9 Å². The third-order valence-corrected chi connectivity index (χ3v) is 5.50. The van der Waals surface area contributed by atoms with E-state index in [-0.39, 0.29) is 5.91 Å². The molecule has 1 aromatic heterocycles. The normalized spacial score (nSPS) is 24.1. The first kappa shape index (κ1) is 15.4. The van der Waals surface area contributed by atoms with E-state index in [0.717, 1.165) is 44.5 Å². The molecule has 2 fully saturated rings. The molecule has 2 atom stereocenters. The van der Waals surface area contributed by atoms with Crippen molar-refractivity contribution in [3.63, 3.8) is 0 Å². The molecule has 0 N–H and O–H groups in total. The minimum atomic E-state index is 0.0237. The molecule has 1 amide bonds. The molecule has 1 saturated carbocycles. The van der Waals surface area contributed by atoms with Crippen LogP contribution < -0.4 is 0 Å². The predicted molar refractivity (Wildman–Crippen MR) is 92.0 cm³/mol. The van der Waals surface area contributed by atoms with Gasteiger partial charge in [0.2, 0.25) is 0 Å². The van der Waals surface area contributed by atoms with E-state index in [1.54, 1.807) is 0 Å². The number of hydrogen-bond acceptors (Lipinski definition) is 3. The number of likely N-dealkylation sites (tertiary alicyclic amines) is 1. The summed E-state index contributed by atoms with van der Waals surface area (Å²) in [4.78, 5) is 14.7. The van der Waals surface area contributed by atoms with Crippen LogP contribution in [0.4, 0.5) is 0 Å². The summed E-state index contributed by atoms with van der Waals surface area (Å²) < 4.78 is 5.35. The van der Waals surface area contributed by atoms with Crippen molar-refractivity contribution in [3.8, 4) is 0 Å². The number of rotatable bonds is 4. The summed E-state index contributed by atoms with van der Waals surface area (Å²) in [6, 6.07) is 12.5. The number of benzene rings is 1. The summed E-state index contributed by atoms with van der Waals surface area (Å²) in [6.07, 6.45) is 4.41. The maximum Gasteiger partial charge on any atom is 0.276 e. The predicted octanol–water partition coefficient (Wildman–Crippen LogP) is 4.21. The fourth-order valence-corrected chi connectivity index (χ4v) is 3.88. The van der Waals surface area contributed by atoms with Gasteiger partial charge in [-0.2, -0.15) is 0 Å². The molecule has 4 heteroatoms. The Labute approximate surface area is 142 Å². The van der Waals surface area contributed by atoms with E-state index in [0.29, 0.717) is 23.4 Å². The lowest BCUT2D eigenvalue weighted by molar-refractivity contribution is 0.0635. The molecule has 0 bridgehead atoms. The molecule has 4 nitrogen and oxygen atoms in total. The smallest absolute Gasteiger partial charge is 0.276 e. The van der Waals surface area contributed by atoms with Crippen molar-refractivity contribution >= 4 is 5.91 Å².